The Morgan fingerprint density at radius 1 is 1.14 bits per heavy atom. The van der Waals surface area contributed by atoms with Crippen LogP contribution in [-0.4, -0.2) is 89.7 Å². The van der Waals surface area contributed by atoms with Crippen LogP contribution in [0.25, 0.3) is 0 Å². The molecule has 6 rings (SSSR count). The first-order valence-corrected chi connectivity index (χ1v) is 13.3. The zero-order valence-corrected chi connectivity index (χ0v) is 21.4. The molecule has 196 valence electrons. The van der Waals surface area contributed by atoms with Crippen LogP contribution >= 0.6 is 0 Å². The van der Waals surface area contributed by atoms with E-state index in [0.717, 1.165) is 45.4 Å². The van der Waals surface area contributed by atoms with Crippen LogP contribution < -0.4 is 9.47 Å². The Balaban J connectivity index is 1.03. The van der Waals surface area contributed by atoms with Crippen LogP contribution in [0.5, 0.6) is 11.5 Å². The van der Waals surface area contributed by atoms with E-state index in [1.54, 1.807) is 17.9 Å². The summed E-state index contributed by atoms with van der Waals surface area (Å²) >= 11 is 0. The van der Waals surface area contributed by atoms with Crippen LogP contribution in [0.4, 0.5) is 0 Å². The summed E-state index contributed by atoms with van der Waals surface area (Å²) in [6.07, 6.45) is 2.37. The second kappa shape index (κ2) is 9.65. The van der Waals surface area contributed by atoms with E-state index in [4.69, 9.17) is 9.47 Å². The van der Waals surface area contributed by atoms with E-state index in [-0.39, 0.29) is 29.9 Å². The molecule has 2 amide bonds. The van der Waals surface area contributed by atoms with Gasteiger partial charge in [0.25, 0.3) is 5.91 Å². The van der Waals surface area contributed by atoms with Crippen LogP contribution in [0.2, 0.25) is 0 Å². The van der Waals surface area contributed by atoms with Gasteiger partial charge in [0.05, 0.1) is 18.2 Å². The Kier molecular flexibility index (Phi) is 6.32. The molecule has 1 spiro atoms. The lowest BCUT2D eigenvalue weighted by Crippen LogP contribution is -2.65. The Bertz CT molecular complexity index is 1190. The van der Waals surface area contributed by atoms with Gasteiger partial charge in [-0.1, -0.05) is 24.3 Å². The van der Waals surface area contributed by atoms with E-state index < -0.39 is 6.10 Å². The normalized spacial score (nSPS) is 21.7. The number of carbonyl (C=O) groups is 2. The summed E-state index contributed by atoms with van der Waals surface area (Å²) < 4.78 is 12.1. The predicted octanol–water partition coefficient (Wildman–Crippen LogP) is 2.33. The smallest absolute Gasteiger partial charge is 0.257 e. The number of fused-ring (bicyclic) bond motifs is 2. The highest BCUT2D eigenvalue weighted by Crippen LogP contribution is 2.49. The molecule has 2 aromatic carbocycles. The van der Waals surface area contributed by atoms with Crippen LogP contribution in [0.15, 0.2) is 42.5 Å². The highest BCUT2D eigenvalue weighted by Gasteiger charge is 2.54. The number of aliphatic hydroxyl groups is 1. The number of β-amino-alcohol motifs (C(OH)–C–C–N with tert-alkyl or cyclic N) is 1. The molecule has 0 aromatic heterocycles. The summed E-state index contributed by atoms with van der Waals surface area (Å²) in [6, 6.07) is 13.9. The number of amides is 2. The molecule has 1 saturated heterocycles. The molecule has 1 aliphatic carbocycles. The number of rotatable bonds is 6. The maximum absolute atomic E-state index is 13.3. The van der Waals surface area contributed by atoms with E-state index in [9.17, 15) is 14.7 Å². The summed E-state index contributed by atoms with van der Waals surface area (Å²) in [5, 5.41) is 10.8. The molecule has 8 nitrogen and oxygen atoms in total. The maximum Gasteiger partial charge on any atom is 0.257 e. The van der Waals surface area contributed by atoms with Crippen molar-refractivity contribution < 1.29 is 24.2 Å². The van der Waals surface area contributed by atoms with Crippen molar-refractivity contribution in [1.29, 1.82) is 0 Å². The largest absolute Gasteiger partial charge is 0.491 e. The van der Waals surface area contributed by atoms with Crippen molar-refractivity contribution in [2.75, 3.05) is 45.9 Å². The van der Waals surface area contributed by atoms with Crippen molar-refractivity contribution in [2.45, 2.75) is 44.9 Å². The molecule has 0 unspecified atom stereocenters. The highest BCUT2D eigenvalue weighted by atomic mass is 16.5. The quantitative estimate of drug-likeness (QED) is 0.649. The minimum absolute atomic E-state index is 0.122. The van der Waals surface area contributed by atoms with Gasteiger partial charge in [0.1, 0.15) is 24.2 Å². The first-order chi connectivity index (χ1) is 17.9. The number of benzene rings is 2. The SMILES string of the molecule is CC(=O)N1CC2(CC(Oc3ccc4c(c3)OCCN(C[C@H](O)CN3CCc5ccccc5C3)C4=O)C2)C1. The zero-order chi connectivity index (χ0) is 25.6. The van der Waals surface area contributed by atoms with Crippen molar-refractivity contribution in [3.8, 4) is 11.5 Å². The molecule has 3 aliphatic heterocycles. The van der Waals surface area contributed by atoms with E-state index in [2.05, 4.69) is 29.2 Å². The summed E-state index contributed by atoms with van der Waals surface area (Å²) in [7, 11) is 0. The van der Waals surface area contributed by atoms with Gasteiger partial charge in [-0.2, -0.15) is 0 Å². The molecule has 1 atom stereocenters. The molecule has 3 heterocycles. The maximum atomic E-state index is 13.3. The molecule has 2 aromatic rings. The number of ether oxygens (including phenoxy) is 2. The molecule has 2 fully saturated rings. The van der Waals surface area contributed by atoms with Gasteiger partial charge in [0.2, 0.25) is 5.91 Å². The summed E-state index contributed by atoms with van der Waals surface area (Å²) in [5.41, 5.74) is 3.43. The van der Waals surface area contributed by atoms with Gasteiger partial charge < -0.3 is 24.4 Å². The Morgan fingerprint density at radius 2 is 1.92 bits per heavy atom. The summed E-state index contributed by atoms with van der Waals surface area (Å²) in [5.74, 6) is 1.26. The van der Waals surface area contributed by atoms with Crippen molar-refractivity contribution in [2.24, 2.45) is 5.41 Å². The van der Waals surface area contributed by atoms with E-state index in [1.807, 2.05) is 17.0 Å². The third kappa shape index (κ3) is 4.92. The Hall–Kier alpha value is -3.10. The van der Waals surface area contributed by atoms with Crippen molar-refractivity contribution in [3.05, 3.63) is 59.2 Å². The van der Waals surface area contributed by atoms with Gasteiger partial charge in [-0.25, -0.2) is 0 Å². The predicted molar refractivity (Wildman–Crippen MR) is 138 cm³/mol. The molecule has 4 aliphatic rings. The topological polar surface area (TPSA) is 82.6 Å². The number of hydrogen-bond acceptors (Lipinski definition) is 6. The second-order valence-corrected chi connectivity index (χ2v) is 11.2. The number of likely N-dealkylation sites (tertiary alicyclic amines) is 1. The van der Waals surface area contributed by atoms with E-state index in [0.29, 0.717) is 36.8 Å². The molecule has 37 heavy (non-hydrogen) atoms. The summed E-state index contributed by atoms with van der Waals surface area (Å²) in [4.78, 5) is 30.6. The fourth-order valence-electron chi connectivity index (χ4n) is 6.33. The molecule has 1 saturated carbocycles. The number of carbonyl (C=O) groups excluding carboxylic acids is 2. The number of aliphatic hydroxyl groups excluding tert-OH is 1. The molecule has 0 bridgehead atoms. The zero-order valence-electron chi connectivity index (χ0n) is 21.4. The van der Waals surface area contributed by atoms with Gasteiger partial charge in [0, 0.05) is 57.7 Å². The van der Waals surface area contributed by atoms with Crippen molar-refractivity contribution in [1.82, 2.24) is 14.7 Å². The molecule has 0 radical (unpaired) electrons. The number of nitrogens with zero attached hydrogens (tertiary/aromatic N) is 3. The van der Waals surface area contributed by atoms with Crippen molar-refractivity contribution >= 4 is 11.8 Å². The fourth-order valence-corrected chi connectivity index (χ4v) is 6.33. The first kappa shape index (κ1) is 24.2. The highest BCUT2D eigenvalue weighted by molar-refractivity contribution is 5.97. The average Bonchev–Trinajstić information content (AvgIpc) is 2.97. The van der Waals surface area contributed by atoms with E-state index >= 15 is 0 Å². The van der Waals surface area contributed by atoms with Crippen LogP contribution in [0.3, 0.4) is 0 Å². The molecular formula is C29H35N3O5. The van der Waals surface area contributed by atoms with Crippen LogP contribution in [-0.2, 0) is 17.8 Å². The number of hydrogen-bond donors (Lipinski definition) is 1. The summed E-state index contributed by atoms with van der Waals surface area (Å²) in [6.45, 7) is 6.63. The molecule has 8 heteroatoms. The van der Waals surface area contributed by atoms with Gasteiger partial charge in [0.15, 0.2) is 0 Å². The standard InChI is InChI=1S/C29H35N3O5/c1-20(33)32-18-29(19-32)13-25(14-29)37-24-6-7-26-27(12-24)36-11-10-31(28(26)35)17-23(34)16-30-9-8-21-4-2-3-5-22(21)15-30/h2-7,12,23,25,34H,8-11,13-19H2,1H3/t23-/m1/s1. The van der Waals surface area contributed by atoms with Gasteiger partial charge in [-0.3, -0.25) is 14.5 Å². The van der Waals surface area contributed by atoms with Gasteiger partial charge in [-0.15, -0.1) is 0 Å². The lowest BCUT2D eigenvalue weighted by atomic mass is 9.61. The third-order valence-electron chi connectivity index (χ3n) is 8.32. The second-order valence-electron chi connectivity index (χ2n) is 11.2. The monoisotopic (exact) mass is 505 g/mol. The third-order valence-corrected chi connectivity index (χ3v) is 8.32. The lowest BCUT2D eigenvalue weighted by Gasteiger charge is -2.58. The molecule has 1 N–H and O–H groups in total. The van der Waals surface area contributed by atoms with Crippen LogP contribution in [0, 0.1) is 5.41 Å². The Labute approximate surface area is 217 Å². The minimum Gasteiger partial charge on any atom is -0.491 e. The lowest BCUT2D eigenvalue weighted by molar-refractivity contribution is -0.157. The average molecular weight is 506 g/mol. The van der Waals surface area contributed by atoms with Crippen molar-refractivity contribution in [3.63, 3.8) is 0 Å². The fraction of sp³-hybridized carbons (Fsp3) is 0.517. The van der Waals surface area contributed by atoms with Gasteiger partial charge >= 0.3 is 0 Å². The molecular weight excluding hydrogens is 470 g/mol. The minimum atomic E-state index is -0.630. The Morgan fingerprint density at radius 3 is 2.70 bits per heavy atom. The first-order valence-electron chi connectivity index (χ1n) is 13.3. The van der Waals surface area contributed by atoms with Gasteiger partial charge in [-0.05, 0) is 42.5 Å². The van der Waals surface area contributed by atoms with Crippen LogP contribution in [0.1, 0.15) is 41.3 Å². The van der Waals surface area contributed by atoms with E-state index in [1.165, 1.54) is 11.1 Å².